The molecule has 2 aliphatic rings. The lowest BCUT2D eigenvalue weighted by molar-refractivity contribution is 0.0744. The Bertz CT molecular complexity index is 543. The van der Waals surface area contributed by atoms with Gasteiger partial charge < -0.3 is 15.5 Å². The summed E-state index contributed by atoms with van der Waals surface area (Å²) >= 11 is 0. The van der Waals surface area contributed by atoms with Gasteiger partial charge in [0, 0.05) is 44.0 Å². The van der Waals surface area contributed by atoms with Gasteiger partial charge in [0.2, 0.25) is 0 Å². The highest BCUT2D eigenvalue weighted by atomic mass is 35.5. The zero-order valence-corrected chi connectivity index (χ0v) is 13.4. The van der Waals surface area contributed by atoms with Crippen LogP contribution in [0, 0.1) is 0 Å². The maximum Gasteiger partial charge on any atom is 0.321 e. The number of benzene rings is 1. The largest absolute Gasteiger partial charge is 0.337 e. The molecule has 120 valence electrons. The Morgan fingerprint density at radius 1 is 1.27 bits per heavy atom. The number of likely N-dealkylation sites (N-methyl/N-ethyl adjacent to an activating group) is 1. The summed E-state index contributed by atoms with van der Waals surface area (Å²) in [4.78, 5) is 27.5. The summed E-state index contributed by atoms with van der Waals surface area (Å²) in [6, 6.07) is 7.44. The maximum absolute atomic E-state index is 12.4. The summed E-state index contributed by atoms with van der Waals surface area (Å²) in [7, 11) is 1.85. The van der Waals surface area contributed by atoms with E-state index in [0.29, 0.717) is 18.7 Å². The molecule has 0 saturated carbocycles. The van der Waals surface area contributed by atoms with Crippen molar-refractivity contribution in [3.05, 3.63) is 29.8 Å². The van der Waals surface area contributed by atoms with E-state index in [1.807, 2.05) is 19.2 Å². The van der Waals surface area contributed by atoms with Crippen LogP contribution in [-0.2, 0) is 0 Å². The number of hydrogen-bond donors (Lipinski definition) is 2. The molecule has 2 saturated heterocycles. The van der Waals surface area contributed by atoms with E-state index >= 15 is 0 Å². The van der Waals surface area contributed by atoms with E-state index in [4.69, 9.17) is 0 Å². The predicted molar refractivity (Wildman–Crippen MR) is 87.8 cm³/mol. The zero-order valence-electron chi connectivity index (χ0n) is 12.5. The lowest BCUT2D eigenvalue weighted by Gasteiger charge is -2.24. The van der Waals surface area contributed by atoms with Gasteiger partial charge in [-0.2, -0.15) is 0 Å². The normalized spacial score (nSPS) is 20.5. The van der Waals surface area contributed by atoms with Crippen molar-refractivity contribution in [3.63, 3.8) is 0 Å². The van der Waals surface area contributed by atoms with Gasteiger partial charge in [-0.25, -0.2) is 4.79 Å². The standard InChI is InChI=1S/C15H20N4O2.ClH/c1-18(13-6-7-16-10-13)14(20)11-2-4-12(5-3-11)19-9-8-17-15(19)21;/h2-5,13,16H,6-10H2,1H3,(H,17,21);1H. The molecule has 6 nitrogen and oxygen atoms in total. The van der Waals surface area contributed by atoms with Crippen molar-refractivity contribution in [1.29, 1.82) is 0 Å². The Morgan fingerprint density at radius 2 is 2.00 bits per heavy atom. The van der Waals surface area contributed by atoms with E-state index in [2.05, 4.69) is 10.6 Å². The third-order valence-corrected chi connectivity index (χ3v) is 4.19. The molecule has 3 amide bonds. The van der Waals surface area contributed by atoms with Gasteiger partial charge in [-0.15, -0.1) is 12.4 Å². The second kappa shape index (κ2) is 6.98. The Morgan fingerprint density at radius 3 is 2.55 bits per heavy atom. The zero-order chi connectivity index (χ0) is 14.8. The summed E-state index contributed by atoms with van der Waals surface area (Å²) < 4.78 is 0. The number of anilines is 1. The summed E-state index contributed by atoms with van der Waals surface area (Å²) in [5, 5.41) is 6.03. The predicted octanol–water partition coefficient (Wildman–Crippen LogP) is 1.07. The maximum atomic E-state index is 12.4. The number of carbonyl (C=O) groups is 2. The van der Waals surface area contributed by atoms with Crippen LogP contribution in [0.3, 0.4) is 0 Å². The molecule has 2 N–H and O–H groups in total. The smallest absolute Gasteiger partial charge is 0.321 e. The van der Waals surface area contributed by atoms with Crippen molar-refractivity contribution in [2.24, 2.45) is 0 Å². The van der Waals surface area contributed by atoms with Crippen LogP contribution < -0.4 is 15.5 Å². The average molecular weight is 325 g/mol. The van der Waals surface area contributed by atoms with Crippen molar-refractivity contribution < 1.29 is 9.59 Å². The molecule has 1 unspecified atom stereocenters. The lowest BCUT2D eigenvalue weighted by atomic mass is 10.1. The highest BCUT2D eigenvalue weighted by molar-refractivity contribution is 5.97. The minimum absolute atomic E-state index is 0. The van der Waals surface area contributed by atoms with Gasteiger partial charge in [-0.1, -0.05) is 0 Å². The van der Waals surface area contributed by atoms with Crippen LogP contribution in [0.2, 0.25) is 0 Å². The number of nitrogens with one attached hydrogen (secondary N) is 2. The van der Waals surface area contributed by atoms with Crippen molar-refractivity contribution in [1.82, 2.24) is 15.5 Å². The van der Waals surface area contributed by atoms with Crippen LogP contribution in [0.1, 0.15) is 16.8 Å². The monoisotopic (exact) mass is 324 g/mol. The van der Waals surface area contributed by atoms with E-state index < -0.39 is 0 Å². The Kier molecular flexibility index (Phi) is 5.26. The number of hydrogen-bond acceptors (Lipinski definition) is 3. The fraction of sp³-hybridized carbons (Fsp3) is 0.467. The quantitative estimate of drug-likeness (QED) is 0.874. The Hall–Kier alpha value is -1.79. The van der Waals surface area contributed by atoms with Gasteiger partial charge in [-0.3, -0.25) is 9.69 Å². The summed E-state index contributed by atoms with van der Waals surface area (Å²) in [6.45, 7) is 3.15. The molecule has 3 rings (SSSR count). The molecule has 0 bridgehead atoms. The molecular weight excluding hydrogens is 304 g/mol. The number of nitrogens with zero attached hydrogens (tertiary/aromatic N) is 2. The molecule has 0 radical (unpaired) electrons. The first-order valence-electron chi connectivity index (χ1n) is 7.30. The fourth-order valence-corrected chi connectivity index (χ4v) is 2.84. The molecule has 7 heteroatoms. The van der Waals surface area contributed by atoms with Crippen LogP contribution in [-0.4, -0.2) is 56.1 Å². The summed E-state index contributed by atoms with van der Waals surface area (Å²) in [5.41, 5.74) is 1.49. The van der Waals surface area contributed by atoms with Crippen molar-refractivity contribution in [3.8, 4) is 0 Å². The summed E-state index contributed by atoms with van der Waals surface area (Å²) in [5.74, 6) is 0.0288. The molecule has 0 aliphatic carbocycles. The van der Waals surface area contributed by atoms with Gasteiger partial charge in [0.1, 0.15) is 0 Å². The van der Waals surface area contributed by atoms with Crippen molar-refractivity contribution in [2.45, 2.75) is 12.5 Å². The molecule has 1 aromatic carbocycles. The molecular formula is C15H21ClN4O2. The first kappa shape index (κ1) is 16.6. The number of amides is 3. The molecule has 22 heavy (non-hydrogen) atoms. The highest BCUT2D eigenvalue weighted by Crippen LogP contribution is 2.19. The minimum atomic E-state index is -0.0803. The molecule has 0 spiro atoms. The molecule has 2 heterocycles. The van der Waals surface area contributed by atoms with Gasteiger partial charge in [0.15, 0.2) is 0 Å². The fourth-order valence-electron chi connectivity index (χ4n) is 2.84. The number of carbonyl (C=O) groups excluding carboxylic acids is 2. The highest BCUT2D eigenvalue weighted by Gasteiger charge is 2.25. The van der Waals surface area contributed by atoms with Crippen LogP contribution in [0.5, 0.6) is 0 Å². The van der Waals surface area contributed by atoms with E-state index in [9.17, 15) is 9.59 Å². The number of urea groups is 1. The van der Waals surface area contributed by atoms with Gasteiger partial charge >= 0.3 is 6.03 Å². The number of rotatable bonds is 3. The Balaban J connectivity index is 0.00000176. The van der Waals surface area contributed by atoms with Crippen LogP contribution in [0.4, 0.5) is 10.5 Å². The number of halogens is 1. The minimum Gasteiger partial charge on any atom is -0.337 e. The average Bonchev–Trinajstić information content (AvgIpc) is 3.17. The third-order valence-electron chi connectivity index (χ3n) is 4.19. The summed E-state index contributed by atoms with van der Waals surface area (Å²) in [6.07, 6.45) is 0.994. The molecule has 2 fully saturated rings. The van der Waals surface area contributed by atoms with Gasteiger partial charge in [0.25, 0.3) is 5.91 Å². The first-order chi connectivity index (χ1) is 10.2. The van der Waals surface area contributed by atoms with Gasteiger partial charge in [-0.05, 0) is 37.2 Å². The van der Waals surface area contributed by atoms with E-state index in [1.165, 1.54) is 0 Å². The molecule has 1 aromatic rings. The SMILES string of the molecule is CN(C(=O)c1ccc(N2CCNC2=O)cc1)C1CCNC1.Cl. The topological polar surface area (TPSA) is 64.7 Å². The second-order valence-corrected chi connectivity index (χ2v) is 5.49. The van der Waals surface area contributed by atoms with E-state index in [0.717, 1.165) is 25.2 Å². The van der Waals surface area contributed by atoms with Crippen LogP contribution in [0.25, 0.3) is 0 Å². The Labute approximate surface area is 136 Å². The van der Waals surface area contributed by atoms with Crippen LogP contribution in [0.15, 0.2) is 24.3 Å². The van der Waals surface area contributed by atoms with Crippen LogP contribution >= 0.6 is 12.4 Å². The molecule has 1 atom stereocenters. The molecule has 0 aromatic heterocycles. The van der Waals surface area contributed by atoms with Gasteiger partial charge in [0.05, 0.1) is 0 Å². The van der Waals surface area contributed by atoms with Crippen molar-refractivity contribution in [2.75, 3.05) is 38.1 Å². The first-order valence-corrected chi connectivity index (χ1v) is 7.30. The molecule has 2 aliphatic heterocycles. The third kappa shape index (κ3) is 3.18. The van der Waals surface area contributed by atoms with E-state index in [1.54, 1.807) is 21.9 Å². The van der Waals surface area contributed by atoms with Crippen molar-refractivity contribution >= 4 is 30.0 Å². The second-order valence-electron chi connectivity index (χ2n) is 5.49. The lowest BCUT2D eigenvalue weighted by Crippen LogP contribution is -2.38. The van der Waals surface area contributed by atoms with E-state index in [-0.39, 0.29) is 30.4 Å².